The lowest BCUT2D eigenvalue weighted by atomic mass is 10.0. The SMILES string of the molecule is C=Cc1ccccc1[C@H](C)NC(=O)[C@@H]1C[C@@H](O)CN1C(=O)CNC(=O)c1ccc2cc(F)ccc2n1. The van der Waals surface area contributed by atoms with Gasteiger partial charge in [-0.25, -0.2) is 9.37 Å². The number of pyridine rings is 1. The number of β-amino-alcohol motifs (C(OH)–C–C–N with tert-alkyl or cyclic N) is 1. The van der Waals surface area contributed by atoms with E-state index in [1.54, 1.807) is 12.1 Å². The van der Waals surface area contributed by atoms with Gasteiger partial charge in [-0.2, -0.15) is 0 Å². The standard InChI is InChI=1S/C27H27FN4O4/c1-3-17-6-4-5-7-21(17)16(2)30-27(36)24-13-20(33)15-32(24)25(34)14-29-26(35)23-10-8-18-12-19(28)9-11-22(18)31-23/h3-12,16,20,24,33H,1,13-15H2,2H3,(H,29,35)(H,30,36)/t16-,20+,24-/m0/s1. The van der Waals surface area contributed by atoms with Crippen molar-refractivity contribution < 1.29 is 23.9 Å². The van der Waals surface area contributed by atoms with Gasteiger partial charge in [-0.1, -0.05) is 43.0 Å². The first kappa shape index (κ1) is 25.0. The van der Waals surface area contributed by atoms with Gasteiger partial charge in [0.1, 0.15) is 17.6 Å². The number of nitrogens with zero attached hydrogens (tertiary/aromatic N) is 2. The van der Waals surface area contributed by atoms with Gasteiger partial charge in [-0.15, -0.1) is 0 Å². The van der Waals surface area contributed by atoms with Crippen LogP contribution in [0.3, 0.4) is 0 Å². The zero-order valence-corrected chi connectivity index (χ0v) is 19.8. The van der Waals surface area contributed by atoms with Crippen LogP contribution in [0.4, 0.5) is 4.39 Å². The first-order valence-corrected chi connectivity index (χ1v) is 11.6. The van der Waals surface area contributed by atoms with E-state index in [1.165, 1.54) is 29.2 Å². The number of aromatic nitrogens is 1. The lowest BCUT2D eigenvalue weighted by Crippen LogP contribution is -2.49. The smallest absolute Gasteiger partial charge is 0.270 e. The maximum Gasteiger partial charge on any atom is 0.270 e. The monoisotopic (exact) mass is 490 g/mol. The van der Waals surface area contributed by atoms with E-state index < -0.39 is 29.8 Å². The van der Waals surface area contributed by atoms with Crippen molar-refractivity contribution in [1.29, 1.82) is 0 Å². The van der Waals surface area contributed by atoms with Gasteiger partial charge in [0.05, 0.1) is 24.2 Å². The Morgan fingerprint density at radius 1 is 1.22 bits per heavy atom. The molecule has 9 heteroatoms. The highest BCUT2D eigenvalue weighted by molar-refractivity contribution is 5.97. The molecule has 186 valence electrons. The van der Waals surface area contributed by atoms with Crippen molar-refractivity contribution in [1.82, 2.24) is 20.5 Å². The van der Waals surface area contributed by atoms with E-state index >= 15 is 0 Å². The van der Waals surface area contributed by atoms with Gasteiger partial charge in [0.25, 0.3) is 5.91 Å². The minimum Gasteiger partial charge on any atom is -0.391 e. The number of fused-ring (bicyclic) bond motifs is 1. The number of carbonyl (C=O) groups is 3. The summed E-state index contributed by atoms with van der Waals surface area (Å²) < 4.78 is 13.4. The summed E-state index contributed by atoms with van der Waals surface area (Å²) in [5.41, 5.74) is 2.30. The molecule has 3 amide bonds. The minimum absolute atomic E-state index is 0.00972. The second-order valence-corrected chi connectivity index (χ2v) is 8.73. The quantitative estimate of drug-likeness (QED) is 0.472. The number of hydrogen-bond donors (Lipinski definition) is 3. The number of carbonyl (C=O) groups excluding carboxylic acids is 3. The number of aliphatic hydroxyl groups is 1. The van der Waals surface area contributed by atoms with Crippen LogP contribution in [0, 0.1) is 5.82 Å². The number of amides is 3. The molecular formula is C27H27FN4O4. The molecule has 1 saturated heterocycles. The second-order valence-electron chi connectivity index (χ2n) is 8.73. The van der Waals surface area contributed by atoms with Crippen molar-refractivity contribution in [3.63, 3.8) is 0 Å². The molecule has 1 fully saturated rings. The average molecular weight is 491 g/mol. The van der Waals surface area contributed by atoms with Crippen LogP contribution in [0.1, 0.15) is 41.0 Å². The lowest BCUT2D eigenvalue weighted by molar-refractivity contribution is -0.138. The van der Waals surface area contributed by atoms with Gasteiger partial charge in [0, 0.05) is 18.4 Å². The second kappa shape index (κ2) is 10.7. The number of aliphatic hydroxyl groups excluding tert-OH is 1. The van der Waals surface area contributed by atoms with Crippen molar-refractivity contribution in [2.75, 3.05) is 13.1 Å². The molecule has 1 aliphatic rings. The summed E-state index contributed by atoms with van der Waals surface area (Å²) in [6.45, 7) is 5.26. The first-order chi connectivity index (χ1) is 17.3. The van der Waals surface area contributed by atoms with Crippen LogP contribution in [-0.4, -0.2) is 57.9 Å². The van der Waals surface area contributed by atoms with Crippen molar-refractivity contribution in [2.24, 2.45) is 0 Å². The molecule has 2 heterocycles. The molecular weight excluding hydrogens is 463 g/mol. The zero-order valence-electron chi connectivity index (χ0n) is 19.8. The normalized spacial score (nSPS) is 18.0. The molecule has 0 aliphatic carbocycles. The Morgan fingerprint density at radius 2 is 2.00 bits per heavy atom. The molecule has 36 heavy (non-hydrogen) atoms. The van der Waals surface area contributed by atoms with Gasteiger partial charge in [-0.05, 0) is 42.3 Å². The van der Waals surface area contributed by atoms with Crippen molar-refractivity contribution in [3.8, 4) is 0 Å². The van der Waals surface area contributed by atoms with Gasteiger partial charge in [0.2, 0.25) is 11.8 Å². The van der Waals surface area contributed by atoms with Crippen molar-refractivity contribution in [2.45, 2.75) is 31.5 Å². The number of benzene rings is 2. The van der Waals surface area contributed by atoms with E-state index in [0.29, 0.717) is 10.9 Å². The maximum atomic E-state index is 13.4. The lowest BCUT2D eigenvalue weighted by Gasteiger charge is -2.26. The van der Waals surface area contributed by atoms with Crippen LogP contribution in [0.25, 0.3) is 17.0 Å². The summed E-state index contributed by atoms with van der Waals surface area (Å²) in [6, 6.07) is 13.4. The molecule has 0 radical (unpaired) electrons. The van der Waals surface area contributed by atoms with Gasteiger partial charge < -0.3 is 20.6 Å². The average Bonchev–Trinajstić information content (AvgIpc) is 3.28. The molecule has 8 nitrogen and oxygen atoms in total. The number of halogens is 1. The van der Waals surface area contributed by atoms with Crippen LogP contribution in [0.5, 0.6) is 0 Å². The number of nitrogens with one attached hydrogen (secondary N) is 2. The fourth-order valence-corrected chi connectivity index (χ4v) is 4.39. The maximum absolute atomic E-state index is 13.4. The molecule has 0 bridgehead atoms. The molecule has 0 spiro atoms. The minimum atomic E-state index is -0.864. The van der Waals surface area contributed by atoms with E-state index in [1.807, 2.05) is 31.2 Å². The topological polar surface area (TPSA) is 112 Å². The van der Waals surface area contributed by atoms with E-state index in [4.69, 9.17) is 0 Å². The summed E-state index contributed by atoms with van der Waals surface area (Å²) >= 11 is 0. The molecule has 1 aliphatic heterocycles. The van der Waals surface area contributed by atoms with Crippen LogP contribution < -0.4 is 10.6 Å². The summed E-state index contributed by atoms with van der Waals surface area (Å²) in [6.07, 6.45) is 0.960. The van der Waals surface area contributed by atoms with Crippen LogP contribution in [-0.2, 0) is 9.59 Å². The predicted octanol–water partition coefficient (Wildman–Crippen LogP) is 2.59. The summed E-state index contributed by atoms with van der Waals surface area (Å²) in [5, 5.41) is 16.1. The Labute approximate surface area is 207 Å². The highest BCUT2D eigenvalue weighted by Gasteiger charge is 2.39. The highest BCUT2D eigenvalue weighted by Crippen LogP contribution is 2.22. The third-order valence-corrected chi connectivity index (χ3v) is 6.23. The fraction of sp³-hybridized carbons (Fsp3) is 0.259. The van der Waals surface area contributed by atoms with Crippen LogP contribution in [0.15, 0.2) is 61.2 Å². The molecule has 0 saturated carbocycles. The van der Waals surface area contributed by atoms with E-state index in [2.05, 4.69) is 22.2 Å². The van der Waals surface area contributed by atoms with E-state index in [-0.39, 0.29) is 37.2 Å². The van der Waals surface area contributed by atoms with Gasteiger partial charge in [0.15, 0.2) is 0 Å². The van der Waals surface area contributed by atoms with Crippen molar-refractivity contribution in [3.05, 3.63) is 83.8 Å². The zero-order chi connectivity index (χ0) is 25.8. The van der Waals surface area contributed by atoms with Crippen LogP contribution in [0.2, 0.25) is 0 Å². The molecule has 3 atom stereocenters. The molecule has 1 aromatic heterocycles. The summed E-state index contributed by atoms with van der Waals surface area (Å²) in [7, 11) is 0. The Hall–Kier alpha value is -4.11. The largest absolute Gasteiger partial charge is 0.391 e. The third-order valence-electron chi connectivity index (χ3n) is 6.23. The predicted molar refractivity (Wildman–Crippen MR) is 133 cm³/mol. The highest BCUT2D eigenvalue weighted by atomic mass is 19.1. The fourth-order valence-electron chi connectivity index (χ4n) is 4.39. The first-order valence-electron chi connectivity index (χ1n) is 11.6. The Bertz CT molecular complexity index is 1330. The van der Waals surface area contributed by atoms with Crippen molar-refractivity contribution >= 4 is 34.7 Å². The Balaban J connectivity index is 1.39. The molecule has 3 aromatic rings. The van der Waals surface area contributed by atoms with Gasteiger partial charge >= 0.3 is 0 Å². The molecule has 3 N–H and O–H groups in total. The number of rotatable bonds is 7. The van der Waals surface area contributed by atoms with Gasteiger partial charge in [-0.3, -0.25) is 14.4 Å². The van der Waals surface area contributed by atoms with Crippen LogP contribution >= 0.6 is 0 Å². The van der Waals surface area contributed by atoms with E-state index in [9.17, 15) is 23.9 Å². The Kier molecular flexibility index (Phi) is 7.40. The van der Waals surface area contributed by atoms with E-state index in [0.717, 1.165) is 11.1 Å². The number of hydrogen-bond acceptors (Lipinski definition) is 5. The molecule has 0 unspecified atom stereocenters. The third kappa shape index (κ3) is 5.41. The number of likely N-dealkylation sites (tertiary alicyclic amines) is 1. The summed E-state index contributed by atoms with van der Waals surface area (Å²) in [4.78, 5) is 44.0. The molecule has 4 rings (SSSR count). The summed E-state index contributed by atoms with van der Waals surface area (Å²) in [5.74, 6) is -1.87. The Morgan fingerprint density at radius 3 is 2.78 bits per heavy atom. The molecule has 2 aromatic carbocycles.